The smallest absolute Gasteiger partial charge is 0.354 e. The van der Waals surface area contributed by atoms with E-state index in [2.05, 4.69) is 10.6 Å². The molecule has 0 spiro atoms. The van der Waals surface area contributed by atoms with Crippen LogP contribution in [0, 0.1) is 11.8 Å². The van der Waals surface area contributed by atoms with Crippen LogP contribution in [-0.2, 0) is 15.8 Å². The molecule has 2 aliphatic rings. The summed E-state index contributed by atoms with van der Waals surface area (Å²) in [5, 5.41) is 5.44. The Hall–Kier alpha value is -3.04. The molecule has 2 aliphatic heterocycles. The molecule has 1 aromatic rings. The van der Waals surface area contributed by atoms with Gasteiger partial charge in [0.15, 0.2) is 0 Å². The number of hydrogen-bond acceptors (Lipinski definition) is 3. The van der Waals surface area contributed by atoms with Gasteiger partial charge in [-0.05, 0) is 30.4 Å². The van der Waals surface area contributed by atoms with Crippen molar-refractivity contribution in [3.8, 4) is 0 Å². The summed E-state index contributed by atoms with van der Waals surface area (Å²) in [6.07, 6.45) is -4.66. The molecule has 0 aromatic heterocycles. The first-order valence-electron chi connectivity index (χ1n) is 11.4. The Kier molecular flexibility index (Phi) is 7.28. The fourth-order valence-corrected chi connectivity index (χ4v) is 4.53. The zero-order chi connectivity index (χ0) is 25.4. The van der Waals surface area contributed by atoms with Crippen LogP contribution in [0.15, 0.2) is 35.5 Å². The van der Waals surface area contributed by atoms with E-state index in [4.69, 9.17) is 0 Å². The Morgan fingerprint density at radius 2 is 1.82 bits per heavy atom. The van der Waals surface area contributed by atoms with Crippen LogP contribution in [0.4, 0.5) is 18.0 Å². The molecule has 0 fully saturated rings. The Balaban J connectivity index is 2.06. The summed E-state index contributed by atoms with van der Waals surface area (Å²) in [6.45, 7) is 9.86. The molecule has 0 bridgehead atoms. The van der Waals surface area contributed by atoms with Gasteiger partial charge in [-0.25, -0.2) is 4.79 Å². The van der Waals surface area contributed by atoms with Crippen molar-refractivity contribution in [1.82, 2.24) is 20.4 Å². The Morgan fingerprint density at radius 1 is 1.18 bits per heavy atom. The van der Waals surface area contributed by atoms with Gasteiger partial charge >= 0.3 is 12.2 Å². The fourth-order valence-electron chi connectivity index (χ4n) is 4.53. The molecule has 10 heteroatoms. The average Bonchev–Trinajstić information content (AvgIpc) is 3.07. The molecule has 34 heavy (non-hydrogen) atoms. The van der Waals surface area contributed by atoms with Gasteiger partial charge in [-0.3, -0.25) is 14.5 Å². The minimum Gasteiger partial charge on any atom is -0.354 e. The summed E-state index contributed by atoms with van der Waals surface area (Å²) in [5.74, 6) is -0.921. The monoisotopic (exact) mass is 480 g/mol. The van der Waals surface area contributed by atoms with Gasteiger partial charge in [0.2, 0.25) is 5.91 Å². The normalized spacial score (nSPS) is 19.6. The first-order chi connectivity index (χ1) is 15.9. The third kappa shape index (κ3) is 4.76. The molecular formula is C24H31F3N4O3. The number of benzene rings is 1. The lowest BCUT2D eigenvalue weighted by Gasteiger charge is -2.33. The van der Waals surface area contributed by atoms with Crippen molar-refractivity contribution in [2.75, 3.05) is 19.6 Å². The number of alkyl halides is 3. The zero-order valence-corrected chi connectivity index (χ0v) is 20.0. The van der Waals surface area contributed by atoms with Crippen LogP contribution in [0.2, 0.25) is 0 Å². The van der Waals surface area contributed by atoms with Crippen LogP contribution in [0.25, 0.3) is 0 Å². The van der Waals surface area contributed by atoms with Gasteiger partial charge in [0.05, 0.1) is 29.4 Å². The topological polar surface area (TPSA) is 81.8 Å². The molecule has 3 rings (SSSR count). The number of hydrogen-bond donors (Lipinski definition) is 2. The number of amides is 4. The van der Waals surface area contributed by atoms with Crippen LogP contribution in [0.5, 0.6) is 0 Å². The van der Waals surface area contributed by atoms with Crippen molar-refractivity contribution in [2.45, 2.75) is 52.9 Å². The summed E-state index contributed by atoms with van der Waals surface area (Å²) in [4.78, 5) is 42.2. The van der Waals surface area contributed by atoms with Gasteiger partial charge in [-0.2, -0.15) is 13.2 Å². The third-order valence-electron chi connectivity index (χ3n) is 6.06. The van der Waals surface area contributed by atoms with Gasteiger partial charge in [0, 0.05) is 13.1 Å². The van der Waals surface area contributed by atoms with Crippen molar-refractivity contribution in [1.29, 1.82) is 0 Å². The molecular weight excluding hydrogens is 449 g/mol. The first-order valence-corrected chi connectivity index (χ1v) is 11.4. The van der Waals surface area contributed by atoms with Crippen molar-refractivity contribution in [2.24, 2.45) is 11.8 Å². The molecule has 7 nitrogen and oxygen atoms in total. The predicted octanol–water partition coefficient (Wildman–Crippen LogP) is 3.68. The van der Waals surface area contributed by atoms with Crippen molar-refractivity contribution in [3.05, 3.63) is 46.7 Å². The molecule has 0 aliphatic carbocycles. The Labute approximate surface area is 197 Å². The number of carbonyl (C=O) groups excluding carboxylic acids is 3. The highest BCUT2D eigenvalue weighted by atomic mass is 19.4. The van der Waals surface area contributed by atoms with E-state index in [1.807, 2.05) is 27.7 Å². The number of nitrogens with one attached hydrogen (secondary N) is 2. The third-order valence-corrected chi connectivity index (χ3v) is 6.06. The molecule has 0 unspecified atom stereocenters. The van der Waals surface area contributed by atoms with Crippen LogP contribution in [0.1, 0.15) is 51.8 Å². The number of urea groups is 1. The number of rotatable bonds is 7. The van der Waals surface area contributed by atoms with Gasteiger partial charge in [-0.15, -0.1) is 0 Å². The summed E-state index contributed by atoms with van der Waals surface area (Å²) in [5.41, 5.74) is -0.716. The maximum absolute atomic E-state index is 13.8. The maximum atomic E-state index is 13.8. The second-order valence-electron chi connectivity index (χ2n) is 9.33. The van der Waals surface area contributed by atoms with Gasteiger partial charge in [-0.1, -0.05) is 45.9 Å². The second kappa shape index (κ2) is 9.68. The lowest BCUT2D eigenvalue weighted by Crippen LogP contribution is -2.52. The molecule has 186 valence electrons. The molecule has 1 aromatic carbocycles. The predicted molar refractivity (Wildman–Crippen MR) is 120 cm³/mol. The van der Waals surface area contributed by atoms with E-state index in [9.17, 15) is 27.6 Å². The summed E-state index contributed by atoms with van der Waals surface area (Å²) < 4.78 is 41.3. The summed E-state index contributed by atoms with van der Waals surface area (Å²) in [7, 11) is 0. The lowest BCUT2D eigenvalue weighted by atomic mass is 9.91. The highest BCUT2D eigenvalue weighted by molar-refractivity contribution is 6.03. The zero-order valence-electron chi connectivity index (χ0n) is 20.0. The minimum atomic E-state index is -4.66. The van der Waals surface area contributed by atoms with E-state index in [0.717, 1.165) is 6.07 Å². The molecule has 4 amide bonds. The quantitative estimate of drug-likeness (QED) is 0.625. The highest BCUT2D eigenvalue weighted by Gasteiger charge is 2.49. The van der Waals surface area contributed by atoms with E-state index >= 15 is 0 Å². The second-order valence-corrected chi connectivity index (χ2v) is 9.33. The Morgan fingerprint density at radius 3 is 2.38 bits per heavy atom. The largest absolute Gasteiger partial charge is 0.416 e. The van der Waals surface area contributed by atoms with Crippen LogP contribution < -0.4 is 10.6 Å². The summed E-state index contributed by atoms with van der Waals surface area (Å²) in [6, 6.07) is 2.23. The number of nitrogens with zero attached hydrogens (tertiary/aromatic N) is 2. The lowest BCUT2D eigenvalue weighted by molar-refractivity contribution is -0.139. The van der Waals surface area contributed by atoms with Crippen LogP contribution in [0.3, 0.4) is 0 Å². The number of halogens is 3. The molecule has 0 radical (unpaired) electrons. The van der Waals surface area contributed by atoms with Crippen molar-refractivity contribution >= 4 is 17.8 Å². The fraction of sp³-hybridized carbons (Fsp3) is 0.542. The number of likely N-dealkylation sites (N-methyl/N-ethyl adjacent to an activating group) is 1. The maximum Gasteiger partial charge on any atom is 0.416 e. The van der Waals surface area contributed by atoms with E-state index in [-0.39, 0.29) is 42.0 Å². The summed E-state index contributed by atoms with van der Waals surface area (Å²) >= 11 is 0. The van der Waals surface area contributed by atoms with Gasteiger partial charge in [0.1, 0.15) is 6.04 Å². The van der Waals surface area contributed by atoms with Gasteiger partial charge in [0.25, 0.3) is 5.91 Å². The van der Waals surface area contributed by atoms with Crippen LogP contribution >= 0.6 is 0 Å². The Bertz CT molecular complexity index is 1000. The molecule has 2 atom stereocenters. The molecule has 2 heterocycles. The number of carbonyl (C=O) groups is 3. The average molecular weight is 481 g/mol. The molecule has 0 saturated heterocycles. The van der Waals surface area contributed by atoms with E-state index in [1.165, 1.54) is 28.0 Å². The molecule has 0 saturated carbocycles. The minimum absolute atomic E-state index is 0.0297. The highest BCUT2D eigenvalue weighted by Crippen LogP contribution is 2.42. The van der Waals surface area contributed by atoms with Gasteiger partial charge < -0.3 is 15.5 Å². The standard InChI is InChI=1S/C24H31F3N4O3/c1-6-30-17-12-31(20(14(4)5)21(32)28-11-13(2)3)22(33)18(17)19(29-23(30)34)15-9-7-8-10-16(15)24(25,26)27/h7-10,13-14,19-20H,6,11-12H2,1-5H3,(H,28,32)(H,29,34)/t19-,20+/m1/s1. The van der Waals surface area contributed by atoms with Crippen molar-refractivity contribution in [3.63, 3.8) is 0 Å². The van der Waals surface area contributed by atoms with E-state index < -0.39 is 35.8 Å². The SMILES string of the molecule is CCN1C(=O)N[C@H](c2ccccc2C(F)(F)F)C2=C1CN([C@H](C(=O)NCC(C)C)C(C)C)C2=O. The van der Waals surface area contributed by atoms with E-state index in [1.54, 1.807) is 6.92 Å². The van der Waals surface area contributed by atoms with Crippen LogP contribution in [-0.4, -0.2) is 53.3 Å². The molecule has 2 N–H and O–H groups in total. The van der Waals surface area contributed by atoms with E-state index in [0.29, 0.717) is 12.2 Å². The van der Waals surface area contributed by atoms with Crippen molar-refractivity contribution < 1.29 is 27.6 Å². The first kappa shape index (κ1) is 25.6.